The van der Waals surface area contributed by atoms with Crippen LogP contribution in [0, 0.1) is 0 Å². The molecule has 6 nitrogen and oxygen atoms in total. The van der Waals surface area contributed by atoms with Crippen LogP contribution in [0.2, 0.25) is 0 Å². The molecule has 0 radical (unpaired) electrons. The monoisotopic (exact) mass is 1450 g/mol. The molecule has 114 heavy (non-hydrogen) atoms. The van der Waals surface area contributed by atoms with Crippen molar-refractivity contribution < 1.29 is 0 Å². The van der Waals surface area contributed by atoms with E-state index in [0.717, 1.165) is 66.1 Å². The van der Waals surface area contributed by atoms with Gasteiger partial charge in [-0.25, -0.2) is 9.97 Å². The molecule has 6 heteroatoms. The van der Waals surface area contributed by atoms with Crippen LogP contribution in [0.15, 0.2) is 364 Å². The van der Waals surface area contributed by atoms with Crippen LogP contribution in [0.25, 0.3) is 208 Å². The van der Waals surface area contributed by atoms with Gasteiger partial charge in [-0.2, -0.15) is 0 Å². The molecule has 6 heterocycles. The molecule has 26 rings (SSSR count). The fourth-order valence-electron chi connectivity index (χ4n) is 20.7. The van der Waals surface area contributed by atoms with Gasteiger partial charge in [-0.1, -0.05) is 305 Å². The minimum Gasteiger partial charge on any atom is -0.308 e. The Balaban J connectivity index is 0.000000130. The first-order valence-electron chi connectivity index (χ1n) is 39.5. The van der Waals surface area contributed by atoms with E-state index in [1.807, 2.05) is 12.4 Å². The lowest BCUT2D eigenvalue weighted by atomic mass is 9.67. The van der Waals surface area contributed by atoms with Crippen LogP contribution in [0.1, 0.15) is 47.2 Å². The van der Waals surface area contributed by atoms with Crippen LogP contribution in [0.5, 0.6) is 0 Å². The molecule has 0 amide bonds. The van der Waals surface area contributed by atoms with Gasteiger partial charge in [0.05, 0.1) is 84.4 Å². The maximum atomic E-state index is 5.45. The van der Waals surface area contributed by atoms with E-state index in [1.165, 1.54) is 176 Å². The summed E-state index contributed by atoms with van der Waals surface area (Å²) in [5.41, 5.74) is 32.2. The lowest BCUT2D eigenvalue weighted by Crippen LogP contribution is -2.28. The SMILES string of the molecule is CC1(C)c2cc(-c3ccc4c(c3)c3cccc5c6ccccc6n4c53)ccc2-c2ccc(-c3cnc4c5ccccc5c5ccccc5c4n3)cc21.c1ccc(C2(c3ccccc3)c3cc(-c4ccc5c(c4)c4cccc6c7ccccc7n5c64)ccc3-c3ccc(-c4cnc5c6ccccc6c6ccccc6c5n4)cc32)cc1. The van der Waals surface area contributed by atoms with E-state index < -0.39 is 5.41 Å². The maximum Gasteiger partial charge on any atom is 0.0979 e. The summed E-state index contributed by atoms with van der Waals surface area (Å²) in [5.74, 6) is 0. The number of aromatic nitrogens is 6. The van der Waals surface area contributed by atoms with Gasteiger partial charge in [0.2, 0.25) is 0 Å². The van der Waals surface area contributed by atoms with E-state index in [2.05, 4.69) is 374 Å². The van der Waals surface area contributed by atoms with Crippen LogP contribution in [-0.4, -0.2) is 28.7 Å². The van der Waals surface area contributed by atoms with Gasteiger partial charge in [0.15, 0.2) is 0 Å². The zero-order valence-corrected chi connectivity index (χ0v) is 62.3. The molecule has 0 atom stereocenters. The molecule has 0 N–H and O–H groups in total. The first-order chi connectivity index (χ1) is 56.3. The van der Waals surface area contributed by atoms with E-state index >= 15 is 0 Å². The predicted molar refractivity (Wildman–Crippen MR) is 475 cm³/mol. The third kappa shape index (κ3) is 8.63. The van der Waals surface area contributed by atoms with Crippen LogP contribution in [0.3, 0.4) is 0 Å². The maximum absolute atomic E-state index is 5.45. The molecule has 0 saturated heterocycles. The number of nitrogens with zero attached hydrogens (tertiary/aromatic N) is 6. The molecule has 24 aromatic rings. The van der Waals surface area contributed by atoms with E-state index in [4.69, 9.17) is 19.9 Å². The number of rotatable bonds is 6. The predicted octanol–water partition coefficient (Wildman–Crippen LogP) is 27.5. The summed E-state index contributed by atoms with van der Waals surface area (Å²) in [6, 6.07) is 129. The molecule has 0 unspecified atom stereocenters. The fourth-order valence-corrected chi connectivity index (χ4v) is 20.7. The highest BCUT2D eigenvalue weighted by atomic mass is 14.9. The van der Waals surface area contributed by atoms with Crippen LogP contribution in [0.4, 0.5) is 0 Å². The second-order valence-corrected chi connectivity index (χ2v) is 31.8. The molecule has 0 saturated carbocycles. The standard InChI is InChI=1S/C59H35N3.C49H31N3/c1-3-14-39(15-4-1)59(40-16-5-2-6-17-40)51-33-37(36-28-31-55-50(32-36)49-24-13-23-48-45-20-11-12-25-54(45)62(55)58(48)49)26-29-43(51)44-30-27-38(34-52(44)59)53-35-60-56-46-21-9-7-18-41(46)42-19-8-10-22-47(42)57(56)61-53;1-49(2)41-25-29(28-20-23-45-40(24-28)39-16-9-15-38-35-12-7-8-17-44(35)52(45)48(38)39)18-21-33(41)34-22-19-30(26-42(34)49)43-27-50-46-36-13-5-3-10-31(36)32-11-4-6-14-37(32)47(46)51-43/h1-35H;3-27H,1-2H3. The van der Waals surface area contributed by atoms with Crippen molar-refractivity contribution in [2.24, 2.45) is 0 Å². The summed E-state index contributed by atoms with van der Waals surface area (Å²) in [7, 11) is 0. The van der Waals surface area contributed by atoms with Gasteiger partial charge >= 0.3 is 0 Å². The summed E-state index contributed by atoms with van der Waals surface area (Å²) >= 11 is 0. The first-order valence-corrected chi connectivity index (χ1v) is 39.5. The van der Waals surface area contributed by atoms with Gasteiger partial charge in [0.25, 0.3) is 0 Å². The summed E-state index contributed by atoms with van der Waals surface area (Å²) in [5, 5.41) is 19.7. The van der Waals surface area contributed by atoms with Gasteiger partial charge in [0, 0.05) is 81.2 Å². The average molecular weight is 1450 g/mol. The van der Waals surface area contributed by atoms with Crippen molar-refractivity contribution in [2.75, 3.05) is 0 Å². The fraction of sp³-hybridized carbons (Fsp3) is 0.0370. The number of benzene rings is 18. The zero-order chi connectivity index (χ0) is 74.8. The minimum absolute atomic E-state index is 0.177. The van der Waals surface area contributed by atoms with Crippen LogP contribution < -0.4 is 0 Å². The highest BCUT2D eigenvalue weighted by molar-refractivity contribution is 6.27. The normalized spacial score (nSPS) is 13.5. The Morgan fingerprint density at radius 1 is 0.219 bits per heavy atom. The minimum atomic E-state index is -0.591. The molecular weight excluding hydrogens is 1380 g/mol. The van der Waals surface area contributed by atoms with Gasteiger partial charge in [-0.3, -0.25) is 9.97 Å². The van der Waals surface area contributed by atoms with Crippen molar-refractivity contribution >= 4 is 141 Å². The first kappa shape index (κ1) is 63.1. The van der Waals surface area contributed by atoms with E-state index in [-0.39, 0.29) is 5.41 Å². The third-order valence-corrected chi connectivity index (χ3v) is 25.8. The Hall–Kier alpha value is -14.7. The average Bonchev–Trinajstić information content (AvgIpc) is 1.53. The lowest BCUT2D eigenvalue weighted by Gasteiger charge is -2.34. The summed E-state index contributed by atoms with van der Waals surface area (Å²) in [6.07, 6.45) is 3.91. The Labute approximate surface area is 655 Å². The largest absolute Gasteiger partial charge is 0.308 e. The van der Waals surface area contributed by atoms with Crippen LogP contribution in [-0.2, 0) is 10.8 Å². The lowest BCUT2D eigenvalue weighted by molar-refractivity contribution is 0.661. The van der Waals surface area contributed by atoms with Gasteiger partial charge in [-0.05, 0) is 160 Å². The van der Waals surface area contributed by atoms with Gasteiger partial charge in [0.1, 0.15) is 0 Å². The highest BCUT2D eigenvalue weighted by Gasteiger charge is 2.47. The number of para-hydroxylation sites is 4. The summed E-state index contributed by atoms with van der Waals surface area (Å²) < 4.78 is 4.90. The molecule has 0 bridgehead atoms. The smallest absolute Gasteiger partial charge is 0.0979 e. The van der Waals surface area contributed by atoms with E-state index in [0.29, 0.717) is 0 Å². The van der Waals surface area contributed by atoms with Crippen molar-refractivity contribution in [3.63, 3.8) is 0 Å². The molecule has 0 spiro atoms. The molecule has 528 valence electrons. The zero-order valence-electron chi connectivity index (χ0n) is 62.3. The van der Waals surface area contributed by atoms with E-state index in [9.17, 15) is 0 Å². The molecule has 0 fully saturated rings. The quantitative estimate of drug-likeness (QED) is 0.156. The van der Waals surface area contributed by atoms with Crippen molar-refractivity contribution in [3.8, 4) is 67.0 Å². The number of fused-ring (bicyclic) bond motifs is 30. The Kier molecular flexibility index (Phi) is 13.0. The molecular formula is C108H66N6. The third-order valence-electron chi connectivity index (χ3n) is 25.8. The van der Waals surface area contributed by atoms with Crippen LogP contribution >= 0.6 is 0 Å². The Morgan fingerprint density at radius 3 is 0.930 bits per heavy atom. The Bertz CT molecular complexity index is 8160. The van der Waals surface area contributed by atoms with E-state index in [1.54, 1.807) is 0 Å². The molecule has 2 aliphatic carbocycles. The summed E-state index contributed by atoms with van der Waals surface area (Å²) in [6.45, 7) is 4.72. The van der Waals surface area contributed by atoms with Gasteiger partial charge < -0.3 is 8.80 Å². The Morgan fingerprint density at radius 2 is 0.509 bits per heavy atom. The second kappa shape index (κ2) is 23.4. The number of hydrogen-bond donors (Lipinski definition) is 0. The van der Waals surface area contributed by atoms with Crippen molar-refractivity contribution in [1.29, 1.82) is 0 Å². The molecule has 0 aliphatic heterocycles. The number of hydrogen-bond acceptors (Lipinski definition) is 4. The molecule has 6 aromatic heterocycles. The van der Waals surface area contributed by atoms with Crippen molar-refractivity contribution in [2.45, 2.75) is 24.7 Å². The second-order valence-electron chi connectivity index (χ2n) is 31.8. The molecule has 2 aliphatic rings. The van der Waals surface area contributed by atoms with Crippen molar-refractivity contribution in [1.82, 2.24) is 28.7 Å². The highest BCUT2D eigenvalue weighted by Crippen LogP contribution is 2.59. The van der Waals surface area contributed by atoms with Gasteiger partial charge in [-0.15, -0.1) is 0 Å². The summed E-state index contributed by atoms with van der Waals surface area (Å²) in [4.78, 5) is 21.0. The topological polar surface area (TPSA) is 60.4 Å². The van der Waals surface area contributed by atoms with Crippen molar-refractivity contribution in [3.05, 3.63) is 398 Å². The molecule has 18 aromatic carbocycles.